The van der Waals surface area contributed by atoms with E-state index in [-0.39, 0.29) is 23.8 Å². The van der Waals surface area contributed by atoms with Crippen LogP contribution in [-0.4, -0.2) is 24.2 Å². The number of aliphatic hydroxyl groups is 1. The quantitative estimate of drug-likeness (QED) is 0.746. The number of benzene rings is 1. The second-order valence-corrected chi connectivity index (χ2v) is 4.35. The molecule has 1 unspecified atom stereocenters. The summed E-state index contributed by atoms with van der Waals surface area (Å²) < 4.78 is 18.7. The fourth-order valence-corrected chi connectivity index (χ4v) is 1.54. The van der Waals surface area contributed by atoms with Crippen LogP contribution in [0, 0.1) is 5.82 Å². The highest BCUT2D eigenvalue weighted by atomic mass is 19.1. The molecule has 0 saturated heterocycles. The molecule has 0 aromatic heterocycles. The molecular formula is C14H20FNO3. The first-order valence-electron chi connectivity index (χ1n) is 6.41. The fraction of sp³-hybridized carbons (Fsp3) is 0.500. The standard InChI is InChI=1S/C14H20FNO3/c1-3-4-7-16-14(18)9-19-11-5-6-12(10(2)17)13(15)8-11/h5-6,8,10,17H,3-4,7,9H2,1-2H3,(H,16,18). The Hall–Kier alpha value is -1.62. The first-order valence-corrected chi connectivity index (χ1v) is 6.41. The molecule has 0 spiro atoms. The molecule has 0 radical (unpaired) electrons. The SMILES string of the molecule is CCCCNC(=O)COc1ccc(C(C)O)c(F)c1. The lowest BCUT2D eigenvalue weighted by Gasteiger charge is -2.10. The predicted octanol–water partition coefficient (Wildman–Crippen LogP) is 2.17. The number of halogens is 1. The van der Waals surface area contributed by atoms with Crippen molar-refractivity contribution in [2.24, 2.45) is 0 Å². The molecule has 0 bridgehead atoms. The van der Waals surface area contributed by atoms with E-state index in [0.29, 0.717) is 6.54 Å². The van der Waals surface area contributed by atoms with Crippen molar-refractivity contribution in [3.05, 3.63) is 29.6 Å². The van der Waals surface area contributed by atoms with Crippen molar-refractivity contribution in [1.29, 1.82) is 0 Å². The Labute approximate surface area is 112 Å². The Balaban J connectivity index is 2.45. The van der Waals surface area contributed by atoms with Gasteiger partial charge in [0.1, 0.15) is 11.6 Å². The van der Waals surface area contributed by atoms with Crippen LogP contribution in [0.4, 0.5) is 4.39 Å². The van der Waals surface area contributed by atoms with E-state index in [9.17, 15) is 14.3 Å². The molecule has 0 heterocycles. The first-order chi connectivity index (χ1) is 9.04. The average molecular weight is 269 g/mol. The van der Waals surface area contributed by atoms with Gasteiger partial charge in [0.15, 0.2) is 6.61 Å². The maximum absolute atomic E-state index is 13.5. The van der Waals surface area contributed by atoms with E-state index < -0.39 is 11.9 Å². The molecule has 1 amide bonds. The molecule has 0 fully saturated rings. The summed E-state index contributed by atoms with van der Waals surface area (Å²) >= 11 is 0. The van der Waals surface area contributed by atoms with Crippen LogP contribution in [0.3, 0.4) is 0 Å². The van der Waals surface area contributed by atoms with Crippen LogP contribution in [0.15, 0.2) is 18.2 Å². The maximum Gasteiger partial charge on any atom is 0.257 e. The zero-order valence-corrected chi connectivity index (χ0v) is 11.3. The second kappa shape index (κ2) is 7.74. The molecule has 0 aliphatic rings. The van der Waals surface area contributed by atoms with Gasteiger partial charge < -0.3 is 15.2 Å². The molecule has 4 nitrogen and oxygen atoms in total. The van der Waals surface area contributed by atoms with Crippen molar-refractivity contribution in [2.45, 2.75) is 32.8 Å². The molecule has 5 heteroatoms. The number of hydrogen-bond acceptors (Lipinski definition) is 3. The van der Waals surface area contributed by atoms with Crippen LogP contribution in [0.5, 0.6) is 5.75 Å². The Morgan fingerprint density at radius 3 is 2.84 bits per heavy atom. The van der Waals surface area contributed by atoms with Crippen molar-refractivity contribution in [1.82, 2.24) is 5.32 Å². The highest BCUT2D eigenvalue weighted by Gasteiger charge is 2.09. The van der Waals surface area contributed by atoms with Crippen LogP contribution >= 0.6 is 0 Å². The first kappa shape index (κ1) is 15.4. The smallest absolute Gasteiger partial charge is 0.257 e. The van der Waals surface area contributed by atoms with Crippen molar-refractivity contribution < 1.29 is 19.0 Å². The summed E-state index contributed by atoms with van der Waals surface area (Å²) in [6, 6.07) is 4.15. The van der Waals surface area contributed by atoms with Crippen molar-refractivity contribution in [3.8, 4) is 5.75 Å². The van der Waals surface area contributed by atoms with Gasteiger partial charge in [-0.1, -0.05) is 13.3 Å². The van der Waals surface area contributed by atoms with Crippen LogP contribution in [-0.2, 0) is 4.79 Å². The molecule has 0 saturated carbocycles. The van der Waals surface area contributed by atoms with Crippen molar-refractivity contribution in [2.75, 3.05) is 13.2 Å². The van der Waals surface area contributed by atoms with Crippen LogP contribution < -0.4 is 10.1 Å². The van der Waals surface area contributed by atoms with Gasteiger partial charge in [0, 0.05) is 18.2 Å². The molecule has 1 aromatic carbocycles. The third-order valence-corrected chi connectivity index (χ3v) is 2.64. The Morgan fingerprint density at radius 2 is 2.26 bits per heavy atom. The minimum atomic E-state index is -0.869. The van der Waals surface area contributed by atoms with Crippen molar-refractivity contribution in [3.63, 3.8) is 0 Å². The molecule has 1 rings (SSSR count). The number of carbonyl (C=O) groups excluding carboxylic acids is 1. The lowest BCUT2D eigenvalue weighted by atomic mass is 10.1. The third-order valence-electron chi connectivity index (χ3n) is 2.64. The maximum atomic E-state index is 13.5. The lowest BCUT2D eigenvalue weighted by Crippen LogP contribution is -2.29. The molecule has 2 N–H and O–H groups in total. The number of nitrogens with one attached hydrogen (secondary N) is 1. The van der Waals surface area contributed by atoms with Gasteiger partial charge in [-0.25, -0.2) is 4.39 Å². The molecule has 0 aliphatic heterocycles. The summed E-state index contributed by atoms with van der Waals surface area (Å²) in [6.45, 7) is 4.00. The largest absolute Gasteiger partial charge is 0.484 e. The molecule has 1 atom stereocenters. The summed E-state index contributed by atoms with van der Waals surface area (Å²) in [5, 5.41) is 12.0. The average Bonchev–Trinajstić information content (AvgIpc) is 2.36. The Morgan fingerprint density at radius 1 is 1.53 bits per heavy atom. The van der Waals surface area contributed by atoms with Gasteiger partial charge in [0.25, 0.3) is 5.91 Å². The second-order valence-electron chi connectivity index (χ2n) is 4.35. The van der Waals surface area contributed by atoms with E-state index in [1.165, 1.54) is 25.1 Å². The van der Waals surface area contributed by atoms with Gasteiger partial charge in [-0.15, -0.1) is 0 Å². The van der Waals surface area contributed by atoms with Crippen molar-refractivity contribution >= 4 is 5.91 Å². The number of carbonyl (C=O) groups is 1. The number of hydrogen-bond donors (Lipinski definition) is 2. The number of aliphatic hydroxyl groups excluding tert-OH is 1. The van der Waals surface area contributed by atoms with E-state index in [4.69, 9.17) is 4.74 Å². The number of amides is 1. The van der Waals surface area contributed by atoms with Crippen LogP contribution in [0.2, 0.25) is 0 Å². The third kappa shape index (κ3) is 5.26. The number of unbranched alkanes of at least 4 members (excludes halogenated alkanes) is 1. The molecule has 19 heavy (non-hydrogen) atoms. The highest BCUT2D eigenvalue weighted by Crippen LogP contribution is 2.21. The van der Waals surface area contributed by atoms with Crippen LogP contribution in [0.25, 0.3) is 0 Å². The highest BCUT2D eigenvalue weighted by molar-refractivity contribution is 5.77. The molecule has 0 aliphatic carbocycles. The van der Waals surface area contributed by atoms with Gasteiger partial charge in [-0.2, -0.15) is 0 Å². The Kier molecular flexibility index (Phi) is 6.29. The summed E-state index contributed by atoms with van der Waals surface area (Å²) in [4.78, 5) is 11.4. The predicted molar refractivity (Wildman–Crippen MR) is 70.4 cm³/mol. The fourth-order valence-electron chi connectivity index (χ4n) is 1.54. The van der Waals surface area contributed by atoms with E-state index in [1.54, 1.807) is 0 Å². The van der Waals surface area contributed by atoms with Crippen LogP contribution in [0.1, 0.15) is 38.4 Å². The number of rotatable bonds is 7. The van der Waals surface area contributed by atoms with Gasteiger partial charge in [0.05, 0.1) is 6.10 Å². The molecule has 1 aromatic rings. The zero-order valence-electron chi connectivity index (χ0n) is 11.3. The lowest BCUT2D eigenvalue weighted by molar-refractivity contribution is -0.123. The Bertz CT molecular complexity index is 421. The van der Waals surface area contributed by atoms with Gasteiger partial charge in [0.2, 0.25) is 0 Å². The summed E-state index contributed by atoms with van der Waals surface area (Å²) in [6.07, 6.45) is 1.06. The van der Waals surface area contributed by atoms with E-state index in [2.05, 4.69) is 5.32 Å². The summed E-state index contributed by atoms with van der Waals surface area (Å²) in [7, 11) is 0. The summed E-state index contributed by atoms with van der Waals surface area (Å²) in [5.74, 6) is -0.500. The van der Waals surface area contributed by atoms with Gasteiger partial charge >= 0.3 is 0 Å². The zero-order chi connectivity index (χ0) is 14.3. The van der Waals surface area contributed by atoms with Gasteiger partial charge in [-0.3, -0.25) is 4.79 Å². The minimum absolute atomic E-state index is 0.142. The van der Waals surface area contributed by atoms with E-state index in [0.717, 1.165) is 12.8 Å². The molecule has 106 valence electrons. The number of ether oxygens (including phenoxy) is 1. The van der Waals surface area contributed by atoms with E-state index in [1.807, 2.05) is 6.92 Å². The van der Waals surface area contributed by atoms with Gasteiger partial charge in [-0.05, 0) is 25.5 Å². The monoisotopic (exact) mass is 269 g/mol. The summed E-state index contributed by atoms with van der Waals surface area (Å²) in [5.41, 5.74) is 0.208. The topological polar surface area (TPSA) is 58.6 Å². The normalized spacial score (nSPS) is 12.0. The minimum Gasteiger partial charge on any atom is -0.484 e. The molecular weight excluding hydrogens is 249 g/mol. The van der Waals surface area contributed by atoms with E-state index >= 15 is 0 Å².